The van der Waals surface area contributed by atoms with E-state index >= 15 is 0 Å². The third-order valence-corrected chi connectivity index (χ3v) is 6.26. The van der Waals surface area contributed by atoms with Crippen LogP contribution >= 0.6 is 0 Å². The molecule has 1 fully saturated rings. The third-order valence-electron chi connectivity index (χ3n) is 6.26. The number of rotatable bonds is 3. The molecule has 2 aromatic rings. The average molecular weight is 362 g/mol. The van der Waals surface area contributed by atoms with Crippen molar-refractivity contribution in [3.05, 3.63) is 59.9 Å². The van der Waals surface area contributed by atoms with Gasteiger partial charge in [0.15, 0.2) is 0 Å². The predicted octanol–water partition coefficient (Wildman–Crippen LogP) is 4.41. The van der Waals surface area contributed by atoms with Gasteiger partial charge in [0, 0.05) is 36.6 Å². The summed E-state index contributed by atoms with van der Waals surface area (Å²) in [6.07, 6.45) is 6.27. The highest BCUT2D eigenvalue weighted by Gasteiger charge is 2.35. The number of nitrogens with zero attached hydrogens (tertiary/aromatic N) is 2. The number of hydrogen-bond acceptors (Lipinski definition) is 2. The van der Waals surface area contributed by atoms with E-state index in [-0.39, 0.29) is 11.7 Å². The number of benzene rings is 2. The molecule has 3 nitrogen and oxygen atoms in total. The van der Waals surface area contributed by atoms with E-state index in [0.29, 0.717) is 24.8 Å². The monoisotopic (exact) mass is 362 g/mol. The standard InChI is InChI=1S/C23H23FN2O/c1-2-26-21-12-20(15-6-8-19(24)9-7-15)22(10-18(21)11-23(26)27)25-13-16-4-3-5-17(16)14-25/h3-4,6-10,12,16-17H,2,5,11,13-14H2,1H3/t16-,17+/m1/s1. The molecule has 0 bridgehead atoms. The summed E-state index contributed by atoms with van der Waals surface area (Å²) in [5, 5.41) is 0. The van der Waals surface area contributed by atoms with E-state index in [0.717, 1.165) is 41.9 Å². The maximum atomic E-state index is 13.5. The number of carbonyl (C=O) groups is 1. The molecule has 5 rings (SSSR count). The second-order valence-corrected chi connectivity index (χ2v) is 7.81. The van der Waals surface area contributed by atoms with Gasteiger partial charge in [0.25, 0.3) is 0 Å². The molecule has 2 heterocycles. The van der Waals surface area contributed by atoms with Gasteiger partial charge in [-0.25, -0.2) is 4.39 Å². The fraction of sp³-hybridized carbons (Fsp3) is 0.348. The third kappa shape index (κ3) is 2.66. The lowest BCUT2D eigenvalue weighted by Crippen LogP contribution is -2.26. The molecule has 1 saturated heterocycles. The van der Waals surface area contributed by atoms with Crippen LogP contribution in [-0.2, 0) is 11.2 Å². The molecular weight excluding hydrogens is 339 g/mol. The zero-order valence-electron chi connectivity index (χ0n) is 15.5. The fourth-order valence-corrected chi connectivity index (χ4v) is 4.86. The van der Waals surface area contributed by atoms with Crippen LogP contribution in [0, 0.1) is 17.7 Å². The van der Waals surface area contributed by atoms with Crippen molar-refractivity contribution in [2.24, 2.45) is 11.8 Å². The van der Waals surface area contributed by atoms with Gasteiger partial charge in [-0.2, -0.15) is 0 Å². The topological polar surface area (TPSA) is 23.6 Å². The summed E-state index contributed by atoms with van der Waals surface area (Å²) in [6, 6.07) is 11.0. The summed E-state index contributed by atoms with van der Waals surface area (Å²) in [5.41, 5.74) is 5.37. The molecule has 2 aliphatic heterocycles. The first-order valence-electron chi connectivity index (χ1n) is 9.79. The van der Waals surface area contributed by atoms with Crippen LogP contribution in [0.3, 0.4) is 0 Å². The van der Waals surface area contributed by atoms with E-state index in [1.807, 2.05) is 24.0 Å². The lowest BCUT2D eigenvalue weighted by molar-refractivity contribution is -0.117. The predicted molar refractivity (Wildman–Crippen MR) is 107 cm³/mol. The summed E-state index contributed by atoms with van der Waals surface area (Å²) in [4.78, 5) is 16.7. The maximum absolute atomic E-state index is 13.5. The smallest absolute Gasteiger partial charge is 0.231 e. The van der Waals surface area contributed by atoms with Crippen LogP contribution in [0.4, 0.5) is 15.8 Å². The Bertz CT molecular complexity index is 934. The minimum atomic E-state index is -0.229. The number of carbonyl (C=O) groups excluding carboxylic acids is 1. The summed E-state index contributed by atoms with van der Waals surface area (Å²) >= 11 is 0. The van der Waals surface area contributed by atoms with Gasteiger partial charge in [-0.15, -0.1) is 0 Å². The molecule has 0 spiro atoms. The Morgan fingerprint density at radius 2 is 1.93 bits per heavy atom. The van der Waals surface area contributed by atoms with Gasteiger partial charge in [-0.3, -0.25) is 4.79 Å². The van der Waals surface area contributed by atoms with E-state index in [2.05, 4.69) is 29.2 Å². The Kier molecular flexibility index (Phi) is 3.81. The highest BCUT2D eigenvalue weighted by Crippen LogP contribution is 2.43. The van der Waals surface area contributed by atoms with Crippen molar-refractivity contribution in [1.82, 2.24) is 0 Å². The maximum Gasteiger partial charge on any atom is 0.231 e. The van der Waals surface area contributed by atoms with Crippen molar-refractivity contribution < 1.29 is 9.18 Å². The first-order chi connectivity index (χ1) is 13.1. The Balaban J connectivity index is 1.63. The first-order valence-corrected chi connectivity index (χ1v) is 9.79. The molecule has 1 aliphatic carbocycles. The van der Waals surface area contributed by atoms with E-state index < -0.39 is 0 Å². The van der Waals surface area contributed by atoms with Crippen LogP contribution in [0.1, 0.15) is 18.9 Å². The van der Waals surface area contributed by atoms with Gasteiger partial charge >= 0.3 is 0 Å². The normalized spacial score (nSPS) is 23.3. The lowest BCUT2D eigenvalue weighted by Gasteiger charge is -2.25. The van der Waals surface area contributed by atoms with Crippen LogP contribution in [-0.4, -0.2) is 25.5 Å². The number of amides is 1. The summed E-state index contributed by atoms with van der Waals surface area (Å²) in [7, 11) is 0. The first kappa shape index (κ1) is 16.5. The van der Waals surface area contributed by atoms with Gasteiger partial charge in [0.2, 0.25) is 5.91 Å². The zero-order valence-corrected chi connectivity index (χ0v) is 15.5. The zero-order chi connectivity index (χ0) is 18.5. The van der Waals surface area contributed by atoms with Crippen LogP contribution in [0.15, 0.2) is 48.6 Å². The molecule has 0 aromatic heterocycles. The minimum Gasteiger partial charge on any atom is -0.370 e. The molecule has 2 atom stereocenters. The highest BCUT2D eigenvalue weighted by molar-refractivity contribution is 6.03. The number of likely N-dealkylation sites (N-methyl/N-ethyl adjacent to an activating group) is 1. The van der Waals surface area contributed by atoms with E-state index in [1.54, 1.807) is 0 Å². The second kappa shape index (κ2) is 6.22. The molecule has 0 radical (unpaired) electrons. The number of allylic oxidation sites excluding steroid dienone is 1. The van der Waals surface area contributed by atoms with E-state index in [4.69, 9.17) is 0 Å². The Labute approximate surface area is 159 Å². The van der Waals surface area contributed by atoms with Gasteiger partial charge in [0.05, 0.1) is 6.42 Å². The molecule has 0 unspecified atom stereocenters. The number of anilines is 2. The summed E-state index contributed by atoms with van der Waals surface area (Å²) < 4.78 is 13.5. The Morgan fingerprint density at radius 1 is 1.11 bits per heavy atom. The van der Waals surface area contributed by atoms with E-state index in [9.17, 15) is 9.18 Å². The van der Waals surface area contributed by atoms with Crippen LogP contribution in [0.2, 0.25) is 0 Å². The molecule has 1 amide bonds. The van der Waals surface area contributed by atoms with Crippen molar-refractivity contribution in [3.8, 4) is 11.1 Å². The minimum absolute atomic E-state index is 0.163. The second-order valence-electron chi connectivity index (χ2n) is 7.81. The molecule has 4 heteroatoms. The quantitative estimate of drug-likeness (QED) is 0.755. The fourth-order valence-electron chi connectivity index (χ4n) is 4.86. The molecule has 27 heavy (non-hydrogen) atoms. The average Bonchev–Trinajstić information content (AvgIpc) is 3.33. The van der Waals surface area contributed by atoms with Gasteiger partial charge in [-0.05, 0) is 60.6 Å². The molecule has 2 aromatic carbocycles. The van der Waals surface area contributed by atoms with Crippen LogP contribution < -0.4 is 9.80 Å². The highest BCUT2D eigenvalue weighted by atomic mass is 19.1. The number of halogens is 1. The van der Waals surface area contributed by atoms with Crippen LogP contribution in [0.5, 0.6) is 0 Å². The largest absolute Gasteiger partial charge is 0.370 e. The Hall–Kier alpha value is -2.62. The van der Waals surface area contributed by atoms with Gasteiger partial charge in [0.1, 0.15) is 5.82 Å². The lowest BCUT2D eigenvalue weighted by atomic mass is 9.99. The van der Waals surface area contributed by atoms with Gasteiger partial charge in [-0.1, -0.05) is 24.3 Å². The van der Waals surface area contributed by atoms with Crippen molar-refractivity contribution >= 4 is 17.3 Å². The molecular formula is C23H23FN2O. The number of hydrogen-bond donors (Lipinski definition) is 0. The van der Waals surface area contributed by atoms with Gasteiger partial charge < -0.3 is 9.80 Å². The van der Waals surface area contributed by atoms with Crippen LogP contribution in [0.25, 0.3) is 11.1 Å². The number of fused-ring (bicyclic) bond motifs is 2. The molecule has 0 N–H and O–H groups in total. The van der Waals surface area contributed by atoms with Crippen molar-refractivity contribution in [2.45, 2.75) is 19.8 Å². The summed E-state index contributed by atoms with van der Waals surface area (Å²) in [5.74, 6) is 1.24. The molecule has 0 saturated carbocycles. The van der Waals surface area contributed by atoms with E-state index in [1.165, 1.54) is 17.8 Å². The SMILES string of the molecule is CCN1C(=O)Cc2cc(N3C[C@@H]4CC=C[C@@H]4C3)c(-c3ccc(F)cc3)cc21. The molecule has 3 aliphatic rings. The van der Waals surface area contributed by atoms with Crippen molar-refractivity contribution in [2.75, 3.05) is 29.4 Å². The van der Waals surface area contributed by atoms with Crippen molar-refractivity contribution in [1.29, 1.82) is 0 Å². The molecule has 138 valence electrons. The summed E-state index contributed by atoms with van der Waals surface area (Å²) in [6.45, 7) is 4.73. The Morgan fingerprint density at radius 3 is 2.67 bits per heavy atom. The van der Waals surface area contributed by atoms with Crippen molar-refractivity contribution in [3.63, 3.8) is 0 Å².